The van der Waals surface area contributed by atoms with Crippen molar-refractivity contribution in [2.45, 2.75) is 32.2 Å². The Kier molecular flexibility index (Phi) is 4.34. The molecule has 3 heterocycles. The molecule has 0 bridgehead atoms. The van der Waals surface area contributed by atoms with Gasteiger partial charge >= 0.3 is 0 Å². The molecule has 2 aliphatic rings. The van der Waals surface area contributed by atoms with Crippen LogP contribution in [0.4, 0.5) is 0 Å². The van der Waals surface area contributed by atoms with Crippen LogP contribution in [0.15, 0.2) is 30.3 Å². The number of H-pyrrole nitrogens is 1. The lowest BCUT2D eigenvalue weighted by Crippen LogP contribution is -2.39. The molecule has 0 unspecified atom stereocenters. The SMILES string of the molecule is O=C(c1n[nH]c2c1CNCC2)N1CCC(Cc2ccccc2)CC1. The monoisotopic (exact) mass is 324 g/mol. The molecule has 0 aliphatic carbocycles. The van der Waals surface area contributed by atoms with Gasteiger partial charge in [0.25, 0.3) is 5.91 Å². The highest BCUT2D eigenvalue weighted by atomic mass is 16.2. The standard InChI is InChI=1S/C19H24N4O/c24-19(18-16-13-20-9-6-17(16)21-22-18)23-10-7-15(8-11-23)12-14-4-2-1-3-5-14/h1-5,15,20H,6-13H2,(H,21,22). The van der Waals surface area contributed by atoms with Gasteiger partial charge in [-0.2, -0.15) is 5.10 Å². The molecule has 1 fully saturated rings. The molecule has 0 atom stereocenters. The predicted molar refractivity (Wildman–Crippen MR) is 92.8 cm³/mol. The smallest absolute Gasteiger partial charge is 0.274 e. The molecule has 126 valence electrons. The Morgan fingerprint density at radius 3 is 2.79 bits per heavy atom. The number of rotatable bonds is 3. The van der Waals surface area contributed by atoms with Gasteiger partial charge in [-0.25, -0.2) is 0 Å². The van der Waals surface area contributed by atoms with Crippen molar-refractivity contribution in [2.75, 3.05) is 19.6 Å². The Labute approximate surface area is 142 Å². The third kappa shape index (κ3) is 3.08. The Balaban J connectivity index is 1.37. The Morgan fingerprint density at radius 1 is 1.21 bits per heavy atom. The largest absolute Gasteiger partial charge is 0.337 e. The number of benzene rings is 1. The minimum atomic E-state index is 0.0920. The van der Waals surface area contributed by atoms with E-state index in [4.69, 9.17) is 0 Å². The van der Waals surface area contributed by atoms with Crippen LogP contribution in [0.1, 0.15) is 40.2 Å². The molecule has 0 radical (unpaired) electrons. The number of piperidine rings is 1. The van der Waals surface area contributed by atoms with E-state index >= 15 is 0 Å². The quantitative estimate of drug-likeness (QED) is 0.909. The van der Waals surface area contributed by atoms with Gasteiger partial charge in [-0.05, 0) is 30.7 Å². The zero-order valence-electron chi connectivity index (χ0n) is 13.9. The molecule has 24 heavy (non-hydrogen) atoms. The van der Waals surface area contributed by atoms with Crippen LogP contribution >= 0.6 is 0 Å². The second-order valence-corrected chi connectivity index (χ2v) is 6.88. The zero-order chi connectivity index (χ0) is 16.4. The molecule has 5 heteroatoms. The Bertz CT molecular complexity index is 701. The number of fused-ring (bicyclic) bond motifs is 1. The van der Waals surface area contributed by atoms with Crippen LogP contribution < -0.4 is 5.32 Å². The first kappa shape index (κ1) is 15.4. The Morgan fingerprint density at radius 2 is 2.00 bits per heavy atom. The third-order valence-electron chi connectivity index (χ3n) is 5.28. The summed E-state index contributed by atoms with van der Waals surface area (Å²) in [6, 6.07) is 10.6. The van der Waals surface area contributed by atoms with Crippen molar-refractivity contribution in [1.29, 1.82) is 0 Å². The number of likely N-dealkylation sites (tertiary alicyclic amines) is 1. The van der Waals surface area contributed by atoms with E-state index < -0.39 is 0 Å². The van der Waals surface area contributed by atoms with E-state index in [1.54, 1.807) is 0 Å². The van der Waals surface area contributed by atoms with Gasteiger partial charge in [0, 0.05) is 43.9 Å². The second-order valence-electron chi connectivity index (χ2n) is 6.88. The number of carbonyl (C=O) groups is 1. The Hall–Kier alpha value is -2.14. The lowest BCUT2D eigenvalue weighted by molar-refractivity contribution is 0.0683. The van der Waals surface area contributed by atoms with Crippen LogP contribution in [0.3, 0.4) is 0 Å². The first-order valence-corrected chi connectivity index (χ1v) is 8.91. The molecule has 0 saturated carbocycles. The van der Waals surface area contributed by atoms with E-state index in [0.29, 0.717) is 11.6 Å². The van der Waals surface area contributed by atoms with Gasteiger partial charge in [0.15, 0.2) is 5.69 Å². The van der Waals surface area contributed by atoms with Crippen molar-refractivity contribution in [3.63, 3.8) is 0 Å². The minimum Gasteiger partial charge on any atom is -0.337 e. The number of amides is 1. The van der Waals surface area contributed by atoms with Gasteiger partial charge in [-0.15, -0.1) is 0 Å². The van der Waals surface area contributed by atoms with Crippen LogP contribution in [0.5, 0.6) is 0 Å². The summed E-state index contributed by atoms with van der Waals surface area (Å²) >= 11 is 0. The molecular formula is C19H24N4O. The first-order chi connectivity index (χ1) is 11.8. The molecule has 2 aliphatic heterocycles. The van der Waals surface area contributed by atoms with E-state index in [-0.39, 0.29) is 5.91 Å². The molecule has 2 aromatic rings. The fourth-order valence-electron chi connectivity index (χ4n) is 3.84. The maximum absolute atomic E-state index is 12.8. The fraction of sp³-hybridized carbons (Fsp3) is 0.474. The summed E-state index contributed by atoms with van der Waals surface area (Å²) < 4.78 is 0. The molecule has 1 saturated heterocycles. The van der Waals surface area contributed by atoms with Gasteiger partial charge in [-0.3, -0.25) is 9.89 Å². The molecule has 1 aromatic carbocycles. The number of hydrogen-bond acceptors (Lipinski definition) is 3. The zero-order valence-corrected chi connectivity index (χ0v) is 13.9. The van der Waals surface area contributed by atoms with Crippen molar-refractivity contribution < 1.29 is 4.79 Å². The van der Waals surface area contributed by atoms with Gasteiger partial charge in [0.1, 0.15) is 0 Å². The lowest BCUT2D eigenvalue weighted by Gasteiger charge is -2.32. The molecule has 2 N–H and O–H groups in total. The van der Waals surface area contributed by atoms with E-state index in [1.165, 1.54) is 5.56 Å². The van der Waals surface area contributed by atoms with Crippen molar-refractivity contribution in [3.05, 3.63) is 52.8 Å². The second kappa shape index (κ2) is 6.77. The van der Waals surface area contributed by atoms with Gasteiger partial charge in [0.2, 0.25) is 0 Å². The van der Waals surface area contributed by atoms with Crippen LogP contribution in [0.2, 0.25) is 0 Å². The topological polar surface area (TPSA) is 61.0 Å². The average Bonchev–Trinajstić information content (AvgIpc) is 3.07. The van der Waals surface area contributed by atoms with Crippen molar-refractivity contribution in [3.8, 4) is 0 Å². The van der Waals surface area contributed by atoms with Crippen molar-refractivity contribution in [1.82, 2.24) is 20.4 Å². The summed E-state index contributed by atoms with van der Waals surface area (Å²) in [6.07, 6.45) is 4.19. The molecule has 1 amide bonds. The maximum Gasteiger partial charge on any atom is 0.274 e. The highest BCUT2D eigenvalue weighted by molar-refractivity contribution is 5.94. The van der Waals surface area contributed by atoms with Gasteiger partial charge < -0.3 is 10.2 Å². The van der Waals surface area contributed by atoms with Gasteiger partial charge in [0.05, 0.1) is 0 Å². The van der Waals surface area contributed by atoms with Gasteiger partial charge in [-0.1, -0.05) is 30.3 Å². The normalized spacial score (nSPS) is 18.4. The first-order valence-electron chi connectivity index (χ1n) is 8.91. The summed E-state index contributed by atoms with van der Waals surface area (Å²) in [6.45, 7) is 3.38. The molecule has 0 spiro atoms. The van der Waals surface area contributed by atoms with E-state index in [0.717, 1.165) is 63.1 Å². The van der Waals surface area contributed by atoms with Crippen LogP contribution in [0.25, 0.3) is 0 Å². The summed E-state index contributed by atoms with van der Waals surface area (Å²) in [4.78, 5) is 14.8. The molecule has 1 aromatic heterocycles. The minimum absolute atomic E-state index is 0.0920. The van der Waals surface area contributed by atoms with Crippen LogP contribution in [-0.4, -0.2) is 40.6 Å². The number of nitrogens with one attached hydrogen (secondary N) is 2. The number of hydrogen-bond donors (Lipinski definition) is 2. The number of nitrogens with zero attached hydrogens (tertiary/aromatic N) is 2. The van der Waals surface area contributed by atoms with Crippen LogP contribution in [0, 0.1) is 5.92 Å². The van der Waals surface area contributed by atoms with E-state index in [9.17, 15) is 4.79 Å². The summed E-state index contributed by atoms with van der Waals surface area (Å²) in [7, 11) is 0. The number of carbonyl (C=O) groups excluding carboxylic acids is 1. The number of aromatic nitrogens is 2. The molecule has 5 nitrogen and oxygen atoms in total. The average molecular weight is 324 g/mol. The van der Waals surface area contributed by atoms with Crippen molar-refractivity contribution in [2.24, 2.45) is 5.92 Å². The third-order valence-corrected chi connectivity index (χ3v) is 5.28. The summed E-state index contributed by atoms with van der Waals surface area (Å²) in [5.74, 6) is 0.764. The summed E-state index contributed by atoms with van der Waals surface area (Å²) in [5.41, 5.74) is 4.21. The maximum atomic E-state index is 12.8. The molecule has 4 rings (SSSR count). The predicted octanol–water partition coefficient (Wildman–Crippen LogP) is 2.15. The fourth-order valence-corrected chi connectivity index (χ4v) is 3.84. The molecular weight excluding hydrogens is 300 g/mol. The lowest BCUT2D eigenvalue weighted by atomic mass is 9.90. The number of aromatic amines is 1. The van der Waals surface area contributed by atoms with Crippen molar-refractivity contribution >= 4 is 5.91 Å². The highest BCUT2D eigenvalue weighted by Crippen LogP contribution is 2.24. The van der Waals surface area contributed by atoms with Crippen LogP contribution in [-0.2, 0) is 19.4 Å². The van der Waals surface area contributed by atoms with E-state index in [2.05, 4.69) is 45.8 Å². The summed E-state index contributed by atoms with van der Waals surface area (Å²) in [5, 5.41) is 10.7. The van der Waals surface area contributed by atoms with E-state index in [1.807, 2.05) is 4.90 Å². The highest BCUT2D eigenvalue weighted by Gasteiger charge is 2.28.